The molecule has 0 fully saturated rings. The molecule has 2 aromatic carbocycles. The van der Waals surface area contributed by atoms with E-state index in [0.29, 0.717) is 0 Å². The fourth-order valence-corrected chi connectivity index (χ4v) is 2.39. The average Bonchev–Trinajstić information content (AvgIpc) is 2.46. The Hall–Kier alpha value is -1.74. The zero-order valence-electron chi connectivity index (χ0n) is 10.3. The van der Waals surface area contributed by atoms with Crippen LogP contribution in [0.3, 0.4) is 0 Å². The summed E-state index contributed by atoms with van der Waals surface area (Å²) in [5.41, 5.74) is 2.32. The van der Waals surface area contributed by atoms with Crippen molar-refractivity contribution >= 4 is 16.8 Å². The summed E-state index contributed by atoms with van der Waals surface area (Å²) in [6.45, 7) is 0. The molecule has 0 amide bonds. The maximum Gasteiger partial charge on any atom is 0.239 e. The highest BCUT2D eigenvalue weighted by atomic mass is 32.2. The van der Waals surface area contributed by atoms with E-state index in [-0.39, 0.29) is 0 Å². The van der Waals surface area contributed by atoms with Crippen LogP contribution in [-0.2, 0) is 5.75 Å². The predicted octanol–water partition coefficient (Wildman–Crippen LogP) is 2.13. The fraction of sp³-hybridized carbons (Fsp3) is 0.133. The Bertz CT molecular complexity index is 508. The van der Waals surface area contributed by atoms with Crippen molar-refractivity contribution in [2.24, 2.45) is 0 Å². The summed E-state index contributed by atoms with van der Waals surface area (Å²) >= 11 is 1.65. The van der Waals surface area contributed by atoms with Crippen LogP contribution < -0.4 is 10.1 Å². The minimum Gasteiger partial charge on any atom is -0.497 e. The molecule has 0 saturated heterocycles. The molecular weight excluding hydrogens is 242 g/mol. The summed E-state index contributed by atoms with van der Waals surface area (Å²) in [5.74, 6) is 1.73. The molecule has 2 rings (SSSR count). The number of rotatable bonds is 4. The second-order valence-electron chi connectivity index (χ2n) is 3.87. The number of ether oxygens (including phenoxy) is 1. The van der Waals surface area contributed by atoms with Gasteiger partial charge in [0, 0.05) is 5.75 Å². The second-order valence-corrected chi connectivity index (χ2v) is 4.88. The summed E-state index contributed by atoms with van der Waals surface area (Å²) in [6.07, 6.45) is 0. The third-order valence-corrected chi connectivity index (χ3v) is 3.64. The molecule has 0 unspecified atom stereocenters. The van der Waals surface area contributed by atoms with Gasteiger partial charge in [-0.05, 0) is 29.8 Å². The number of thioether (sulfide) groups is 1. The monoisotopic (exact) mass is 258 g/mol. The molecule has 0 bridgehead atoms. The molecular formula is C15H16NOS+. The fourth-order valence-electron chi connectivity index (χ4n) is 1.57. The van der Waals surface area contributed by atoms with Gasteiger partial charge in [-0.25, -0.2) is 5.41 Å². The van der Waals surface area contributed by atoms with Crippen LogP contribution >= 0.6 is 11.8 Å². The number of methoxy groups -OCH3 is 1. The molecule has 92 valence electrons. The highest BCUT2D eigenvalue weighted by Gasteiger charge is 2.08. The maximum atomic E-state index is 6.07. The van der Waals surface area contributed by atoms with Gasteiger partial charge in [0.2, 0.25) is 5.04 Å². The van der Waals surface area contributed by atoms with Gasteiger partial charge in [0.05, 0.1) is 12.7 Å². The smallest absolute Gasteiger partial charge is 0.239 e. The standard InChI is InChI=1S/C15H15NOS/c1-17-14-9-7-13(8-10-14)15(16)18-11-12-5-3-2-4-6-12/h2-10,16H,11H2,1H3/p+1. The molecule has 0 aliphatic rings. The van der Waals surface area contributed by atoms with Crippen LogP contribution in [-0.4, -0.2) is 12.2 Å². The van der Waals surface area contributed by atoms with E-state index in [9.17, 15) is 0 Å². The van der Waals surface area contributed by atoms with Gasteiger partial charge in [0.25, 0.3) is 0 Å². The molecule has 0 atom stereocenters. The Kier molecular flexibility index (Phi) is 4.42. The maximum absolute atomic E-state index is 6.07. The van der Waals surface area contributed by atoms with E-state index in [0.717, 1.165) is 22.1 Å². The van der Waals surface area contributed by atoms with Crippen LogP contribution in [0.4, 0.5) is 0 Å². The lowest BCUT2D eigenvalue weighted by Crippen LogP contribution is -2.38. The molecule has 0 saturated carbocycles. The molecule has 3 heteroatoms. The number of benzene rings is 2. The van der Waals surface area contributed by atoms with Gasteiger partial charge in [-0.3, -0.25) is 0 Å². The minimum absolute atomic E-state index is 0.835. The van der Waals surface area contributed by atoms with Crippen LogP contribution in [0, 0.1) is 0 Å². The third-order valence-electron chi connectivity index (χ3n) is 2.61. The van der Waals surface area contributed by atoms with E-state index >= 15 is 0 Å². The Morgan fingerprint density at radius 1 is 1.06 bits per heavy atom. The molecule has 0 spiro atoms. The van der Waals surface area contributed by atoms with Gasteiger partial charge in [-0.2, -0.15) is 0 Å². The van der Waals surface area contributed by atoms with Crippen LogP contribution in [0.25, 0.3) is 0 Å². The molecule has 0 aliphatic heterocycles. The highest BCUT2D eigenvalue weighted by molar-refractivity contribution is 8.13. The van der Waals surface area contributed by atoms with Crippen molar-refractivity contribution in [1.29, 1.82) is 0 Å². The normalized spacial score (nSPS) is 10.1. The van der Waals surface area contributed by atoms with Crippen molar-refractivity contribution in [3.8, 4) is 5.75 Å². The van der Waals surface area contributed by atoms with E-state index < -0.39 is 0 Å². The molecule has 0 aromatic heterocycles. The minimum atomic E-state index is 0.835. The lowest BCUT2D eigenvalue weighted by molar-refractivity contribution is -0.107. The first-order chi connectivity index (χ1) is 8.79. The van der Waals surface area contributed by atoms with Gasteiger partial charge >= 0.3 is 0 Å². The van der Waals surface area contributed by atoms with E-state index in [1.807, 2.05) is 42.5 Å². The first kappa shape index (κ1) is 12.7. The first-order valence-corrected chi connectivity index (χ1v) is 6.72. The Morgan fingerprint density at radius 2 is 1.72 bits per heavy atom. The summed E-state index contributed by atoms with van der Waals surface area (Å²) in [5, 5.41) is 6.91. The summed E-state index contributed by atoms with van der Waals surface area (Å²) < 4.78 is 5.12. The van der Waals surface area contributed by atoms with Gasteiger partial charge in [-0.15, -0.1) is 0 Å². The zero-order valence-corrected chi connectivity index (χ0v) is 11.1. The molecule has 18 heavy (non-hydrogen) atoms. The van der Waals surface area contributed by atoms with Crippen molar-refractivity contribution < 1.29 is 10.1 Å². The Balaban J connectivity index is 1.95. The average molecular weight is 258 g/mol. The van der Waals surface area contributed by atoms with E-state index in [4.69, 9.17) is 10.1 Å². The molecule has 2 N–H and O–H groups in total. The van der Waals surface area contributed by atoms with Crippen molar-refractivity contribution in [3.05, 3.63) is 65.7 Å². The molecule has 0 aliphatic carbocycles. The molecule has 0 heterocycles. The van der Waals surface area contributed by atoms with Crippen LogP contribution in [0.15, 0.2) is 54.6 Å². The third kappa shape index (κ3) is 3.37. The second kappa shape index (κ2) is 6.26. The topological polar surface area (TPSA) is 34.8 Å². The number of hydrogen-bond acceptors (Lipinski definition) is 2. The summed E-state index contributed by atoms with van der Waals surface area (Å²) in [7, 11) is 1.66. The van der Waals surface area contributed by atoms with Gasteiger partial charge in [0.15, 0.2) is 0 Å². The highest BCUT2D eigenvalue weighted by Crippen LogP contribution is 2.18. The van der Waals surface area contributed by atoms with Crippen molar-refractivity contribution in [1.82, 2.24) is 0 Å². The predicted molar refractivity (Wildman–Crippen MR) is 76.8 cm³/mol. The SMILES string of the molecule is COc1ccc(C(=[NH2+])SCc2ccccc2)cc1. The molecule has 2 aromatic rings. The number of hydrogen-bond donors (Lipinski definition) is 1. The van der Waals surface area contributed by atoms with Gasteiger partial charge < -0.3 is 4.74 Å². The van der Waals surface area contributed by atoms with Crippen molar-refractivity contribution in [2.75, 3.05) is 7.11 Å². The first-order valence-electron chi connectivity index (χ1n) is 5.73. The summed E-state index contributed by atoms with van der Waals surface area (Å²) in [4.78, 5) is 0. The van der Waals surface area contributed by atoms with Crippen molar-refractivity contribution in [3.63, 3.8) is 0 Å². The van der Waals surface area contributed by atoms with Gasteiger partial charge in [0.1, 0.15) is 5.75 Å². The lowest BCUT2D eigenvalue weighted by atomic mass is 10.2. The molecule has 2 nitrogen and oxygen atoms in total. The summed E-state index contributed by atoms with van der Waals surface area (Å²) in [6, 6.07) is 18.1. The number of nitrogens with two attached hydrogens (primary N) is 1. The Labute approximate surface area is 112 Å². The zero-order chi connectivity index (χ0) is 12.8. The van der Waals surface area contributed by atoms with Crippen LogP contribution in [0.2, 0.25) is 0 Å². The van der Waals surface area contributed by atoms with E-state index in [1.54, 1.807) is 18.9 Å². The lowest BCUT2D eigenvalue weighted by Gasteiger charge is -2.02. The Morgan fingerprint density at radius 3 is 2.33 bits per heavy atom. The van der Waals surface area contributed by atoms with E-state index in [2.05, 4.69) is 12.1 Å². The largest absolute Gasteiger partial charge is 0.497 e. The van der Waals surface area contributed by atoms with Gasteiger partial charge in [-0.1, -0.05) is 42.1 Å². The van der Waals surface area contributed by atoms with Crippen LogP contribution in [0.1, 0.15) is 11.1 Å². The van der Waals surface area contributed by atoms with E-state index in [1.165, 1.54) is 5.56 Å². The van der Waals surface area contributed by atoms with Crippen molar-refractivity contribution in [2.45, 2.75) is 5.75 Å². The van der Waals surface area contributed by atoms with Crippen LogP contribution in [0.5, 0.6) is 5.75 Å². The quantitative estimate of drug-likeness (QED) is 0.673. The molecule has 0 radical (unpaired) electrons.